The summed E-state index contributed by atoms with van der Waals surface area (Å²) in [6.07, 6.45) is -1.09. The quantitative estimate of drug-likeness (QED) is 0.568. The molecule has 0 radical (unpaired) electrons. The topological polar surface area (TPSA) is 117 Å². The van der Waals surface area contributed by atoms with Gasteiger partial charge >= 0.3 is 5.97 Å². The second-order valence-corrected chi connectivity index (χ2v) is 9.63. The van der Waals surface area contributed by atoms with Crippen LogP contribution in [0.2, 0.25) is 0 Å². The summed E-state index contributed by atoms with van der Waals surface area (Å²) in [7, 11) is -3.63. The van der Waals surface area contributed by atoms with Gasteiger partial charge in [0.05, 0.1) is 4.90 Å². The van der Waals surface area contributed by atoms with E-state index in [-0.39, 0.29) is 36.8 Å². The molecule has 1 aliphatic heterocycles. The lowest BCUT2D eigenvalue weighted by Gasteiger charge is -2.35. The number of piperazine rings is 1. The maximum absolute atomic E-state index is 12.8. The lowest BCUT2D eigenvalue weighted by Crippen LogP contribution is -2.52. The number of hydrogen-bond acceptors (Lipinski definition) is 6. The van der Waals surface area contributed by atoms with Crippen molar-refractivity contribution < 1.29 is 22.7 Å². The maximum atomic E-state index is 12.8. The molecule has 1 fully saturated rings. The van der Waals surface area contributed by atoms with Crippen molar-refractivity contribution in [2.75, 3.05) is 26.2 Å². The summed E-state index contributed by atoms with van der Waals surface area (Å²) >= 11 is 0. The molecule has 0 unspecified atom stereocenters. The van der Waals surface area contributed by atoms with Crippen LogP contribution in [-0.2, 0) is 19.6 Å². The van der Waals surface area contributed by atoms with Crippen LogP contribution in [0, 0.1) is 0 Å². The van der Waals surface area contributed by atoms with Gasteiger partial charge in [0.15, 0.2) is 6.10 Å². The van der Waals surface area contributed by atoms with Gasteiger partial charge in [0.2, 0.25) is 10.0 Å². The number of nitrogens with one attached hydrogen (secondary N) is 1. The van der Waals surface area contributed by atoms with Crippen LogP contribution in [0.5, 0.6) is 0 Å². The number of carbonyl (C=O) groups excluding carboxylic acids is 2. The molecule has 0 bridgehead atoms. The van der Waals surface area contributed by atoms with Crippen LogP contribution >= 0.6 is 0 Å². The van der Waals surface area contributed by atoms with E-state index in [2.05, 4.69) is 4.98 Å². The molecule has 1 aromatic heterocycles. The van der Waals surface area contributed by atoms with E-state index in [1.807, 2.05) is 0 Å². The van der Waals surface area contributed by atoms with Gasteiger partial charge in [0.1, 0.15) is 5.69 Å². The van der Waals surface area contributed by atoms with Gasteiger partial charge in [-0.05, 0) is 36.6 Å². The summed E-state index contributed by atoms with van der Waals surface area (Å²) in [4.78, 5) is 41.7. The van der Waals surface area contributed by atoms with E-state index in [9.17, 15) is 22.8 Å². The summed E-state index contributed by atoms with van der Waals surface area (Å²) in [6, 6.07) is 16.5. The average Bonchev–Trinajstić information content (AvgIpc) is 2.84. The molecule has 1 N–H and O–H groups in total. The summed E-state index contributed by atoms with van der Waals surface area (Å²) in [5.74, 6) is -1.24. The standard InChI is InChI=1S/C23H23N3O6S/c1-16(32-23(29)20-15-17-7-5-6-10-19(17)21(27)24-20)22(28)25-11-13-26(14-12-25)33(30,31)18-8-3-2-4-9-18/h2-10,15-16H,11-14H2,1H3,(H,24,27)/t16-/m0/s1. The molecule has 2 aromatic carbocycles. The van der Waals surface area contributed by atoms with Gasteiger partial charge in [-0.25, -0.2) is 13.2 Å². The van der Waals surface area contributed by atoms with E-state index in [0.717, 1.165) is 0 Å². The number of sulfonamides is 1. The van der Waals surface area contributed by atoms with E-state index < -0.39 is 33.6 Å². The molecule has 9 nitrogen and oxygen atoms in total. The average molecular weight is 470 g/mol. The van der Waals surface area contributed by atoms with Gasteiger partial charge in [0.25, 0.3) is 11.5 Å². The molecule has 4 rings (SSSR count). The number of nitrogens with zero attached hydrogens (tertiary/aromatic N) is 2. The number of aromatic amines is 1. The van der Waals surface area contributed by atoms with E-state index in [1.165, 1.54) is 34.3 Å². The summed E-state index contributed by atoms with van der Waals surface area (Å²) in [5, 5.41) is 1.03. The number of H-pyrrole nitrogens is 1. The minimum absolute atomic E-state index is 0.0443. The van der Waals surface area contributed by atoms with Crippen molar-refractivity contribution in [1.29, 1.82) is 0 Å². The van der Waals surface area contributed by atoms with Crippen molar-refractivity contribution in [2.24, 2.45) is 0 Å². The van der Waals surface area contributed by atoms with E-state index in [1.54, 1.807) is 42.5 Å². The minimum atomic E-state index is -3.63. The van der Waals surface area contributed by atoms with Crippen molar-refractivity contribution in [3.63, 3.8) is 0 Å². The first-order valence-electron chi connectivity index (χ1n) is 10.4. The van der Waals surface area contributed by atoms with Crippen LogP contribution in [0.1, 0.15) is 17.4 Å². The largest absolute Gasteiger partial charge is 0.448 e. The molecule has 1 atom stereocenters. The molecule has 33 heavy (non-hydrogen) atoms. The highest BCUT2D eigenvalue weighted by Crippen LogP contribution is 2.18. The number of aromatic nitrogens is 1. The second-order valence-electron chi connectivity index (χ2n) is 7.69. The summed E-state index contributed by atoms with van der Waals surface area (Å²) < 4.78 is 32.1. The number of hydrogen-bond donors (Lipinski definition) is 1. The van der Waals surface area contributed by atoms with Gasteiger partial charge in [-0.2, -0.15) is 4.31 Å². The molecule has 1 aliphatic rings. The predicted molar refractivity (Wildman–Crippen MR) is 121 cm³/mol. The third kappa shape index (κ3) is 4.67. The molecule has 2 heterocycles. The zero-order chi connectivity index (χ0) is 23.6. The third-order valence-corrected chi connectivity index (χ3v) is 7.45. The molecule has 10 heteroatoms. The van der Waals surface area contributed by atoms with Crippen molar-refractivity contribution in [3.8, 4) is 0 Å². The number of benzene rings is 2. The molecule has 172 valence electrons. The van der Waals surface area contributed by atoms with Crippen LogP contribution in [0.3, 0.4) is 0 Å². The second kappa shape index (κ2) is 9.16. The van der Waals surface area contributed by atoms with E-state index in [0.29, 0.717) is 10.8 Å². The number of carbonyl (C=O) groups is 2. The first-order valence-corrected chi connectivity index (χ1v) is 11.9. The van der Waals surface area contributed by atoms with Gasteiger partial charge in [0, 0.05) is 31.6 Å². The fraction of sp³-hybridized carbons (Fsp3) is 0.261. The van der Waals surface area contributed by atoms with Crippen LogP contribution in [0.15, 0.2) is 70.4 Å². The lowest BCUT2D eigenvalue weighted by molar-refractivity contribution is -0.141. The smallest absolute Gasteiger partial charge is 0.355 e. The Morgan fingerprint density at radius 3 is 2.30 bits per heavy atom. The number of fused-ring (bicyclic) bond motifs is 1. The highest BCUT2D eigenvalue weighted by Gasteiger charge is 2.32. The number of ether oxygens (including phenoxy) is 1. The highest BCUT2D eigenvalue weighted by molar-refractivity contribution is 7.89. The van der Waals surface area contributed by atoms with Crippen LogP contribution in [-0.4, -0.2) is 66.8 Å². The van der Waals surface area contributed by atoms with Crippen molar-refractivity contribution >= 4 is 32.7 Å². The Labute approximate surface area is 190 Å². The fourth-order valence-electron chi connectivity index (χ4n) is 3.74. The molecular weight excluding hydrogens is 446 g/mol. The fourth-order valence-corrected chi connectivity index (χ4v) is 5.19. The van der Waals surface area contributed by atoms with Gasteiger partial charge in [-0.15, -0.1) is 0 Å². The van der Waals surface area contributed by atoms with Gasteiger partial charge in [-0.3, -0.25) is 9.59 Å². The number of esters is 1. The molecule has 1 amide bonds. The number of pyridine rings is 1. The normalized spacial score (nSPS) is 15.8. The zero-order valence-electron chi connectivity index (χ0n) is 17.9. The predicted octanol–water partition coefficient (Wildman–Crippen LogP) is 1.61. The van der Waals surface area contributed by atoms with Gasteiger partial charge in [-0.1, -0.05) is 36.4 Å². The Hall–Kier alpha value is -3.50. The van der Waals surface area contributed by atoms with Crippen molar-refractivity contribution in [1.82, 2.24) is 14.2 Å². The van der Waals surface area contributed by atoms with Crippen molar-refractivity contribution in [2.45, 2.75) is 17.9 Å². The molecule has 1 saturated heterocycles. The first kappa shape index (κ1) is 22.7. The molecule has 0 spiro atoms. The molecule has 3 aromatic rings. The van der Waals surface area contributed by atoms with Crippen LogP contribution in [0.4, 0.5) is 0 Å². The Bertz CT molecular complexity index is 1350. The van der Waals surface area contributed by atoms with Crippen molar-refractivity contribution in [3.05, 3.63) is 76.7 Å². The Morgan fingerprint density at radius 1 is 0.970 bits per heavy atom. The zero-order valence-corrected chi connectivity index (χ0v) is 18.7. The number of rotatable bonds is 5. The SMILES string of the molecule is C[C@H](OC(=O)c1cc2ccccc2c(=O)[nH]1)C(=O)N1CCN(S(=O)(=O)c2ccccc2)CC1. The van der Waals surface area contributed by atoms with Crippen LogP contribution in [0.25, 0.3) is 10.8 Å². The highest BCUT2D eigenvalue weighted by atomic mass is 32.2. The summed E-state index contributed by atoms with van der Waals surface area (Å²) in [5.41, 5.74) is -0.466. The Balaban J connectivity index is 1.38. The Kier molecular flexibility index (Phi) is 6.30. The first-order chi connectivity index (χ1) is 15.8. The van der Waals surface area contributed by atoms with E-state index in [4.69, 9.17) is 4.74 Å². The summed E-state index contributed by atoms with van der Waals surface area (Å²) in [6.45, 7) is 2.09. The minimum Gasteiger partial charge on any atom is -0.448 e. The number of amides is 1. The molecule has 0 saturated carbocycles. The molecular formula is C23H23N3O6S. The van der Waals surface area contributed by atoms with E-state index >= 15 is 0 Å². The van der Waals surface area contributed by atoms with Gasteiger partial charge < -0.3 is 14.6 Å². The monoisotopic (exact) mass is 469 g/mol. The maximum Gasteiger partial charge on any atom is 0.355 e. The third-order valence-electron chi connectivity index (χ3n) is 5.54. The lowest BCUT2D eigenvalue weighted by atomic mass is 10.1. The van der Waals surface area contributed by atoms with Crippen LogP contribution < -0.4 is 5.56 Å². The Morgan fingerprint density at radius 2 is 1.61 bits per heavy atom. The molecule has 0 aliphatic carbocycles.